The van der Waals surface area contributed by atoms with Crippen molar-refractivity contribution >= 4 is 5.78 Å². The second kappa shape index (κ2) is 5.45. The molecule has 2 aromatic rings. The van der Waals surface area contributed by atoms with Crippen molar-refractivity contribution in [3.05, 3.63) is 65.0 Å². The summed E-state index contributed by atoms with van der Waals surface area (Å²) in [7, 11) is 0. The lowest BCUT2D eigenvalue weighted by Crippen LogP contribution is -2.15. The number of pyridine rings is 1. The predicted octanol–water partition coefficient (Wildman–Crippen LogP) is 3.83. The van der Waals surface area contributed by atoms with E-state index in [-0.39, 0.29) is 12.0 Å². The Morgan fingerprint density at radius 2 is 1.90 bits per heavy atom. The number of hydrogen-bond acceptors (Lipinski definition) is 2. The fourth-order valence-corrected chi connectivity index (χ4v) is 1.94. The molecule has 0 atom stereocenters. The first-order chi connectivity index (χ1) is 9.39. The Balaban J connectivity index is 2.34. The number of alkyl halides is 3. The molecule has 0 saturated carbocycles. The topological polar surface area (TPSA) is 30.0 Å². The molecule has 104 valence electrons. The van der Waals surface area contributed by atoms with Gasteiger partial charge in [-0.2, -0.15) is 13.2 Å². The lowest BCUT2D eigenvalue weighted by molar-refractivity contribution is -0.138. The molecule has 0 unspecified atom stereocenters. The molecule has 0 amide bonds. The summed E-state index contributed by atoms with van der Waals surface area (Å²) in [6.07, 6.45) is -2.61. The van der Waals surface area contributed by atoms with Crippen LogP contribution in [0.4, 0.5) is 13.2 Å². The standard InChI is InChI=1S/C15H12F3NO/c1-10-4-2-3-5-11(10)8-14(20)12-9-19-7-6-13(12)15(16,17)18/h2-7,9H,8H2,1H3. The Bertz CT molecular complexity index is 635. The minimum atomic E-state index is -4.56. The van der Waals surface area contributed by atoms with Crippen LogP contribution in [0, 0.1) is 6.92 Å². The third kappa shape index (κ3) is 3.04. The van der Waals surface area contributed by atoms with Crippen LogP contribution in [0.5, 0.6) is 0 Å². The van der Waals surface area contributed by atoms with E-state index in [0.717, 1.165) is 29.6 Å². The Labute approximate surface area is 114 Å². The third-order valence-electron chi connectivity index (χ3n) is 3.04. The summed E-state index contributed by atoms with van der Waals surface area (Å²) in [5.74, 6) is -0.584. The molecule has 0 aliphatic rings. The molecule has 20 heavy (non-hydrogen) atoms. The highest BCUT2D eigenvalue weighted by Crippen LogP contribution is 2.32. The number of hydrogen-bond donors (Lipinski definition) is 0. The molecular weight excluding hydrogens is 267 g/mol. The van der Waals surface area contributed by atoms with Gasteiger partial charge in [-0.05, 0) is 24.1 Å². The third-order valence-corrected chi connectivity index (χ3v) is 3.04. The molecule has 2 nitrogen and oxygen atoms in total. The fourth-order valence-electron chi connectivity index (χ4n) is 1.94. The van der Waals surface area contributed by atoms with Gasteiger partial charge in [-0.1, -0.05) is 24.3 Å². The fraction of sp³-hybridized carbons (Fsp3) is 0.200. The summed E-state index contributed by atoms with van der Waals surface area (Å²) >= 11 is 0. The zero-order chi connectivity index (χ0) is 14.8. The number of benzene rings is 1. The van der Waals surface area contributed by atoms with Gasteiger partial charge in [0.05, 0.1) is 5.56 Å². The number of carbonyl (C=O) groups excluding carboxylic acids is 1. The molecule has 0 aliphatic heterocycles. The van der Waals surface area contributed by atoms with Crippen LogP contribution in [0.2, 0.25) is 0 Å². The van der Waals surface area contributed by atoms with Crippen molar-refractivity contribution in [2.75, 3.05) is 0 Å². The second-order valence-electron chi connectivity index (χ2n) is 4.45. The minimum Gasteiger partial charge on any atom is -0.294 e. The molecular formula is C15H12F3NO. The number of carbonyl (C=O) groups is 1. The van der Waals surface area contributed by atoms with E-state index in [9.17, 15) is 18.0 Å². The van der Waals surface area contributed by atoms with Gasteiger partial charge in [0.25, 0.3) is 0 Å². The van der Waals surface area contributed by atoms with Crippen LogP contribution in [-0.2, 0) is 12.6 Å². The molecule has 2 rings (SSSR count). The van der Waals surface area contributed by atoms with Crippen LogP contribution in [0.1, 0.15) is 27.0 Å². The van der Waals surface area contributed by atoms with Crippen molar-refractivity contribution < 1.29 is 18.0 Å². The monoisotopic (exact) mass is 279 g/mol. The molecule has 0 aliphatic carbocycles. The van der Waals surface area contributed by atoms with Crippen molar-refractivity contribution in [1.29, 1.82) is 0 Å². The highest BCUT2D eigenvalue weighted by atomic mass is 19.4. The molecule has 1 heterocycles. The number of nitrogens with zero attached hydrogens (tertiary/aromatic N) is 1. The van der Waals surface area contributed by atoms with Crippen LogP contribution < -0.4 is 0 Å². The number of aromatic nitrogens is 1. The Morgan fingerprint density at radius 3 is 2.55 bits per heavy atom. The zero-order valence-corrected chi connectivity index (χ0v) is 10.7. The molecule has 0 radical (unpaired) electrons. The van der Waals surface area contributed by atoms with Gasteiger partial charge in [-0.15, -0.1) is 0 Å². The van der Waals surface area contributed by atoms with Crippen LogP contribution in [0.3, 0.4) is 0 Å². The molecule has 5 heteroatoms. The lowest BCUT2D eigenvalue weighted by atomic mass is 9.97. The van der Waals surface area contributed by atoms with Gasteiger partial charge >= 0.3 is 6.18 Å². The van der Waals surface area contributed by atoms with Crippen molar-refractivity contribution in [2.24, 2.45) is 0 Å². The summed E-state index contributed by atoms with van der Waals surface area (Å²) in [4.78, 5) is 15.7. The number of halogens is 3. The van der Waals surface area contributed by atoms with E-state index in [1.54, 1.807) is 12.1 Å². The number of rotatable bonds is 3. The average Bonchev–Trinajstić information content (AvgIpc) is 2.40. The van der Waals surface area contributed by atoms with Crippen LogP contribution >= 0.6 is 0 Å². The van der Waals surface area contributed by atoms with Gasteiger partial charge in [0.15, 0.2) is 5.78 Å². The van der Waals surface area contributed by atoms with Crippen molar-refractivity contribution in [3.8, 4) is 0 Å². The van der Waals surface area contributed by atoms with Gasteiger partial charge in [-0.25, -0.2) is 0 Å². The maximum Gasteiger partial charge on any atom is 0.417 e. The van der Waals surface area contributed by atoms with Gasteiger partial charge in [-0.3, -0.25) is 9.78 Å². The van der Waals surface area contributed by atoms with E-state index >= 15 is 0 Å². The van der Waals surface area contributed by atoms with E-state index < -0.39 is 17.5 Å². The number of Topliss-reactive ketones (excluding diaryl/α,β-unsaturated/α-hetero) is 1. The predicted molar refractivity (Wildman–Crippen MR) is 68.5 cm³/mol. The molecule has 1 aromatic heterocycles. The van der Waals surface area contributed by atoms with E-state index in [2.05, 4.69) is 4.98 Å². The van der Waals surface area contributed by atoms with Crippen LogP contribution in [0.15, 0.2) is 42.7 Å². The number of aryl methyl sites for hydroxylation is 1. The van der Waals surface area contributed by atoms with Gasteiger partial charge in [0.1, 0.15) is 0 Å². The minimum absolute atomic E-state index is 0.0680. The van der Waals surface area contributed by atoms with Crippen molar-refractivity contribution in [2.45, 2.75) is 19.5 Å². The molecule has 0 bridgehead atoms. The second-order valence-corrected chi connectivity index (χ2v) is 4.45. The molecule has 0 spiro atoms. The highest BCUT2D eigenvalue weighted by Gasteiger charge is 2.35. The Hall–Kier alpha value is -2.17. The Kier molecular flexibility index (Phi) is 3.88. The van der Waals surface area contributed by atoms with Gasteiger partial charge in [0.2, 0.25) is 0 Å². The number of ketones is 1. The first kappa shape index (κ1) is 14.2. The summed E-state index contributed by atoms with van der Waals surface area (Å²) in [6, 6.07) is 7.94. The molecule has 0 fully saturated rings. The smallest absolute Gasteiger partial charge is 0.294 e. The lowest BCUT2D eigenvalue weighted by Gasteiger charge is -2.11. The zero-order valence-electron chi connectivity index (χ0n) is 10.7. The molecule has 1 aromatic carbocycles. The first-order valence-electron chi connectivity index (χ1n) is 5.98. The molecule has 0 N–H and O–H groups in total. The van der Waals surface area contributed by atoms with Crippen molar-refractivity contribution in [3.63, 3.8) is 0 Å². The van der Waals surface area contributed by atoms with Gasteiger partial charge < -0.3 is 0 Å². The maximum atomic E-state index is 12.8. The highest BCUT2D eigenvalue weighted by molar-refractivity contribution is 5.98. The van der Waals surface area contributed by atoms with E-state index in [0.29, 0.717) is 0 Å². The Morgan fingerprint density at radius 1 is 1.20 bits per heavy atom. The summed E-state index contributed by atoms with van der Waals surface area (Å²) < 4.78 is 38.5. The largest absolute Gasteiger partial charge is 0.417 e. The maximum absolute atomic E-state index is 12.8. The average molecular weight is 279 g/mol. The quantitative estimate of drug-likeness (QED) is 0.799. The van der Waals surface area contributed by atoms with E-state index in [1.807, 2.05) is 19.1 Å². The summed E-state index contributed by atoms with van der Waals surface area (Å²) in [5, 5.41) is 0. The first-order valence-corrected chi connectivity index (χ1v) is 5.98. The van der Waals surface area contributed by atoms with Crippen LogP contribution in [-0.4, -0.2) is 10.8 Å². The normalized spacial score (nSPS) is 11.4. The summed E-state index contributed by atoms with van der Waals surface area (Å²) in [5.41, 5.74) is 0.266. The SMILES string of the molecule is Cc1ccccc1CC(=O)c1cnccc1C(F)(F)F. The van der Waals surface area contributed by atoms with E-state index in [1.165, 1.54) is 0 Å². The van der Waals surface area contributed by atoms with E-state index in [4.69, 9.17) is 0 Å². The summed E-state index contributed by atoms with van der Waals surface area (Å²) in [6.45, 7) is 1.82. The van der Waals surface area contributed by atoms with Crippen LogP contribution in [0.25, 0.3) is 0 Å². The molecule has 0 saturated heterocycles. The van der Waals surface area contributed by atoms with Gasteiger partial charge in [0, 0.05) is 24.4 Å². The van der Waals surface area contributed by atoms with Crippen molar-refractivity contribution in [1.82, 2.24) is 4.98 Å².